The van der Waals surface area contributed by atoms with E-state index in [0.717, 1.165) is 36.4 Å². The number of hydrogen-bond donors (Lipinski definition) is 2. The van der Waals surface area contributed by atoms with Crippen LogP contribution in [-0.4, -0.2) is 22.4 Å². The Kier molecular flexibility index (Phi) is 2.56. The lowest BCUT2D eigenvalue weighted by molar-refractivity contribution is 0.0492. The van der Waals surface area contributed by atoms with Gasteiger partial charge < -0.3 is 14.9 Å². The van der Waals surface area contributed by atoms with E-state index in [1.807, 2.05) is 13.8 Å². The minimum Gasteiger partial charge on any atom is -0.392 e. The molecule has 0 aromatic carbocycles. The molecular formula is C10H16N2O2. The smallest absolute Gasteiger partial charge is 0.138 e. The summed E-state index contributed by atoms with van der Waals surface area (Å²) >= 11 is 0. The molecule has 0 amide bonds. The highest BCUT2D eigenvalue weighted by molar-refractivity contribution is 5.20. The Morgan fingerprint density at radius 2 is 2.29 bits per heavy atom. The molecule has 4 nitrogen and oxygen atoms in total. The first-order valence-electron chi connectivity index (χ1n) is 5.01. The second-order valence-corrected chi connectivity index (χ2v) is 3.93. The third-order valence-corrected chi connectivity index (χ3v) is 2.96. The number of nitrogens with zero attached hydrogens (tertiary/aromatic N) is 1. The lowest BCUT2D eigenvalue weighted by atomic mass is 9.89. The normalized spacial score (nSPS) is 26.2. The van der Waals surface area contributed by atoms with Crippen LogP contribution in [0.15, 0.2) is 4.52 Å². The summed E-state index contributed by atoms with van der Waals surface area (Å²) in [6, 6.07) is 0.253. The van der Waals surface area contributed by atoms with Crippen LogP contribution in [0.4, 0.5) is 0 Å². The SMILES string of the molecule is Cc1noc(C)c1CN[C@@H]1CC[C@H]1O. The molecule has 1 aliphatic carbocycles. The van der Waals surface area contributed by atoms with Crippen molar-refractivity contribution in [3.63, 3.8) is 0 Å². The van der Waals surface area contributed by atoms with Crippen molar-refractivity contribution in [2.75, 3.05) is 0 Å². The van der Waals surface area contributed by atoms with Crippen LogP contribution in [-0.2, 0) is 6.54 Å². The highest BCUT2D eigenvalue weighted by Gasteiger charge is 2.28. The van der Waals surface area contributed by atoms with Crippen molar-refractivity contribution >= 4 is 0 Å². The van der Waals surface area contributed by atoms with Crippen molar-refractivity contribution in [2.24, 2.45) is 0 Å². The molecule has 2 rings (SSSR count). The van der Waals surface area contributed by atoms with Gasteiger partial charge in [0.05, 0.1) is 11.8 Å². The van der Waals surface area contributed by atoms with E-state index in [-0.39, 0.29) is 12.1 Å². The Morgan fingerprint density at radius 3 is 2.71 bits per heavy atom. The zero-order valence-corrected chi connectivity index (χ0v) is 8.58. The number of aryl methyl sites for hydroxylation is 2. The molecule has 0 unspecified atom stereocenters. The Labute approximate surface area is 83.3 Å². The Bertz CT molecular complexity index is 302. The molecule has 1 heterocycles. The van der Waals surface area contributed by atoms with Gasteiger partial charge in [0.2, 0.25) is 0 Å². The fraction of sp³-hybridized carbons (Fsp3) is 0.700. The van der Waals surface area contributed by atoms with Gasteiger partial charge in [-0.15, -0.1) is 0 Å². The van der Waals surface area contributed by atoms with Crippen molar-refractivity contribution in [1.29, 1.82) is 0 Å². The fourth-order valence-corrected chi connectivity index (χ4v) is 1.71. The van der Waals surface area contributed by atoms with Crippen LogP contribution in [0, 0.1) is 13.8 Å². The van der Waals surface area contributed by atoms with Crippen LogP contribution in [0.2, 0.25) is 0 Å². The summed E-state index contributed by atoms with van der Waals surface area (Å²) in [6.07, 6.45) is 1.81. The van der Waals surface area contributed by atoms with Crippen LogP contribution in [0.3, 0.4) is 0 Å². The molecule has 1 aromatic heterocycles. The average molecular weight is 196 g/mol. The largest absolute Gasteiger partial charge is 0.392 e. The van der Waals surface area contributed by atoms with E-state index in [4.69, 9.17) is 4.52 Å². The van der Waals surface area contributed by atoms with Crippen molar-refractivity contribution in [3.8, 4) is 0 Å². The number of hydrogen-bond acceptors (Lipinski definition) is 4. The summed E-state index contributed by atoms with van der Waals surface area (Å²) in [7, 11) is 0. The van der Waals surface area contributed by atoms with Gasteiger partial charge in [-0.1, -0.05) is 5.16 Å². The first kappa shape index (κ1) is 9.68. The minimum atomic E-state index is -0.171. The summed E-state index contributed by atoms with van der Waals surface area (Å²) in [5.74, 6) is 0.865. The summed E-state index contributed by atoms with van der Waals surface area (Å²) in [6.45, 7) is 4.59. The third kappa shape index (κ3) is 1.67. The van der Waals surface area contributed by atoms with E-state index in [0.29, 0.717) is 0 Å². The van der Waals surface area contributed by atoms with Gasteiger partial charge in [0.1, 0.15) is 5.76 Å². The maximum atomic E-state index is 9.37. The Balaban J connectivity index is 1.91. The second kappa shape index (κ2) is 3.71. The van der Waals surface area contributed by atoms with Crippen molar-refractivity contribution in [3.05, 3.63) is 17.0 Å². The van der Waals surface area contributed by atoms with Crippen molar-refractivity contribution in [1.82, 2.24) is 10.5 Å². The second-order valence-electron chi connectivity index (χ2n) is 3.93. The average Bonchev–Trinajstić information content (AvgIpc) is 2.46. The zero-order valence-electron chi connectivity index (χ0n) is 8.58. The zero-order chi connectivity index (χ0) is 10.1. The molecule has 78 valence electrons. The van der Waals surface area contributed by atoms with Gasteiger partial charge >= 0.3 is 0 Å². The number of aliphatic hydroxyl groups excluding tert-OH is 1. The molecule has 1 aromatic rings. The lowest BCUT2D eigenvalue weighted by Gasteiger charge is -2.33. The topological polar surface area (TPSA) is 58.3 Å². The van der Waals surface area contributed by atoms with Gasteiger partial charge in [-0.05, 0) is 26.7 Å². The van der Waals surface area contributed by atoms with E-state index < -0.39 is 0 Å². The predicted octanol–water partition coefficient (Wildman–Crippen LogP) is 0.904. The van der Waals surface area contributed by atoms with Gasteiger partial charge in [0.15, 0.2) is 0 Å². The van der Waals surface area contributed by atoms with Gasteiger partial charge in [-0.25, -0.2) is 0 Å². The van der Waals surface area contributed by atoms with E-state index in [2.05, 4.69) is 10.5 Å². The molecule has 0 saturated heterocycles. The van der Waals surface area contributed by atoms with Gasteiger partial charge in [0, 0.05) is 18.2 Å². The molecule has 4 heteroatoms. The van der Waals surface area contributed by atoms with Crippen LogP contribution in [0.5, 0.6) is 0 Å². The molecule has 14 heavy (non-hydrogen) atoms. The molecule has 1 fully saturated rings. The summed E-state index contributed by atoms with van der Waals surface area (Å²) < 4.78 is 5.05. The van der Waals surface area contributed by atoms with E-state index >= 15 is 0 Å². The highest BCUT2D eigenvalue weighted by Crippen LogP contribution is 2.20. The third-order valence-electron chi connectivity index (χ3n) is 2.96. The molecule has 0 spiro atoms. The molecule has 1 aliphatic rings. The maximum absolute atomic E-state index is 9.37. The summed E-state index contributed by atoms with van der Waals surface area (Å²) in [5, 5.41) is 16.6. The van der Waals surface area contributed by atoms with Gasteiger partial charge in [0.25, 0.3) is 0 Å². The van der Waals surface area contributed by atoms with Gasteiger partial charge in [-0.3, -0.25) is 0 Å². The number of rotatable bonds is 3. The van der Waals surface area contributed by atoms with Crippen molar-refractivity contribution in [2.45, 2.75) is 45.4 Å². The Hall–Kier alpha value is -0.870. The number of aromatic nitrogens is 1. The molecule has 0 aliphatic heterocycles. The monoisotopic (exact) mass is 196 g/mol. The summed E-state index contributed by atoms with van der Waals surface area (Å²) in [5.41, 5.74) is 2.05. The maximum Gasteiger partial charge on any atom is 0.138 e. The molecule has 0 bridgehead atoms. The molecule has 2 atom stereocenters. The molecule has 2 N–H and O–H groups in total. The van der Waals surface area contributed by atoms with Crippen LogP contribution < -0.4 is 5.32 Å². The molecule has 0 radical (unpaired) electrons. The standard InChI is InChI=1S/C10H16N2O2/c1-6-8(7(2)14-12-6)5-11-9-3-4-10(9)13/h9-11,13H,3-5H2,1-2H3/t9-,10-/m1/s1. The first-order chi connectivity index (χ1) is 6.68. The highest BCUT2D eigenvalue weighted by atomic mass is 16.5. The van der Waals surface area contributed by atoms with Crippen LogP contribution in [0.25, 0.3) is 0 Å². The van der Waals surface area contributed by atoms with E-state index in [1.165, 1.54) is 0 Å². The quantitative estimate of drug-likeness (QED) is 0.754. The minimum absolute atomic E-state index is 0.171. The fourth-order valence-electron chi connectivity index (χ4n) is 1.71. The van der Waals surface area contributed by atoms with E-state index in [9.17, 15) is 5.11 Å². The predicted molar refractivity (Wildman–Crippen MR) is 51.8 cm³/mol. The van der Waals surface area contributed by atoms with Crippen molar-refractivity contribution < 1.29 is 9.63 Å². The molecular weight excluding hydrogens is 180 g/mol. The Morgan fingerprint density at radius 1 is 1.50 bits per heavy atom. The lowest BCUT2D eigenvalue weighted by Crippen LogP contribution is -2.47. The summed E-state index contributed by atoms with van der Waals surface area (Å²) in [4.78, 5) is 0. The van der Waals surface area contributed by atoms with E-state index in [1.54, 1.807) is 0 Å². The molecule has 1 saturated carbocycles. The number of aliphatic hydroxyl groups is 1. The van der Waals surface area contributed by atoms with Crippen LogP contribution >= 0.6 is 0 Å². The van der Waals surface area contributed by atoms with Gasteiger partial charge in [-0.2, -0.15) is 0 Å². The first-order valence-corrected chi connectivity index (χ1v) is 5.01. The van der Waals surface area contributed by atoms with Crippen LogP contribution in [0.1, 0.15) is 29.9 Å². The number of nitrogens with one attached hydrogen (secondary N) is 1.